The molecule has 0 heterocycles. The molecule has 0 radical (unpaired) electrons. The van der Waals surface area contributed by atoms with E-state index in [9.17, 15) is 54.4 Å². The summed E-state index contributed by atoms with van der Waals surface area (Å²) in [5.74, 6) is -21.8. The fourth-order valence-corrected chi connectivity index (χ4v) is 2.93. The molecule has 0 atom stereocenters. The molecular weight excluding hydrogens is 561 g/mol. The Kier molecular flexibility index (Phi) is 7.17. The van der Waals surface area contributed by atoms with E-state index in [0.717, 1.165) is 25.3 Å². The standard InChI is InChI=1S/C18H9BrF9NO5/c1-33-14(30)10-7-9(3-4-12(10)29(31)32)34-13-5-2-8(6-11(13)19)15(20,21)16(22,23)17(24,25)18(26,27)28/h2-7H,1H3. The van der Waals surface area contributed by atoms with Crippen LogP contribution in [0.25, 0.3) is 0 Å². The van der Waals surface area contributed by atoms with E-state index in [4.69, 9.17) is 4.74 Å². The fraction of sp³-hybridized carbons (Fsp3) is 0.278. The molecule has 6 nitrogen and oxygen atoms in total. The quantitative estimate of drug-likeness (QED) is 0.157. The normalized spacial score (nSPS) is 12.9. The number of hydrogen-bond acceptors (Lipinski definition) is 5. The van der Waals surface area contributed by atoms with Crippen LogP contribution in [-0.4, -0.2) is 36.0 Å². The number of carbonyl (C=O) groups excluding carboxylic acids is 1. The molecule has 0 aromatic heterocycles. The Bertz CT molecular complexity index is 1120. The lowest BCUT2D eigenvalue weighted by Gasteiger charge is -2.33. The summed E-state index contributed by atoms with van der Waals surface area (Å²) in [7, 11) is 0.924. The Morgan fingerprint density at radius 1 is 0.941 bits per heavy atom. The molecule has 2 rings (SSSR count). The summed E-state index contributed by atoms with van der Waals surface area (Å²) < 4.78 is 128. The maximum absolute atomic E-state index is 14.1. The van der Waals surface area contributed by atoms with Crippen LogP contribution in [0.2, 0.25) is 0 Å². The van der Waals surface area contributed by atoms with Gasteiger partial charge in [-0.25, -0.2) is 4.79 Å². The molecule has 0 fully saturated rings. The highest BCUT2D eigenvalue weighted by molar-refractivity contribution is 9.10. The molecule has 34 heavy (non-hydrogen) atoms. The monoisotopic (exact) mass is 569 g/mol. The number of ether oxygens (including phenoxy) is 2. The fourth-order valence-electron chi connectivity index (χ4n) is 2.47. The molecule has 0 N–H and O–H groups in total. The molecule has 0 saturated heterocycles. The van der Waals surface area contributed by atoms with Gasteiger partial charge in [0.25, 0.3) is 5.69 Å². The molecule has 2 aromatic carbocycles. The van der Waals surface area contributed by atoms with Gasteiger partial charge in [-0.1, -0.05) is 0 Å². The van der Waals surface area contributed by atoms with Crippen LogP contribution in [0.4, 0.5) is 45.2 Å². The van der Waals surface area contributed by atoms with Crippen molar-refractivity contribution in [3.8, 4) is 11.5 Å². The number of rotatable bonds is 7. The van der Waals surface area contributed by atoms with E-state index >= 15 is 0 Å². The van der Waals surface area contributed by atoms with Gasteiger partial charge in [0.05, 0.1) is 16.5 Å². The van der Waals surface area contributed by atoms with Crippen LogP contribution < -0.4 is 4.74 Å². The Hall–Kier alpha value is -3.04. The summed E-state index contributed by atoms with van der Waals surface area (Å²) in [6, 6.07) is 3.41. The number of methoxy groups -OCH3 is 1. The van der Waals surface area contributed by atoms with Gasteiger partial charge in [0, 0.05) is 17.7 Å². The van der Waals surface area contributed by atoms with E-state index in [2.05, 4.69) is 20.7 Å². The van der Waals surface area contributed by atoms with Crippen LogP contribution in [0, 0.1) is 10.1 Å². The first kappa shape index (κ1) is 27.2. The van der Waals surface area contributed by atoms with Crippen LogP contribution in [0.1, 0.15) is 15.9 Å². The van der Waals surface area contributed by atoms with Crippen molar-refractivity contribution >= 4 is 27.6 Å². The average molecular weight is 570 g/mol. The third-order valence-electron chi connectivity index (χ3n) is 4.24. The van der Waals surface area contributed by atoms with Gasteiger partial charge >= 0.3 is 29.9 Å². The number of alkyl halides is 9. The molecule has 2 aromatic rings. The number of nitro groups is 1. The molecule has 186 valence electrons. The molecule has 0 aliphatic rings. The lowest BCUT2D eigenvalue weighted by Crippen LogP contribution is -2.59. The summed E-state index contributed by atoms with van der Waals surface area (Å²) in [4.78, 5) is 21.8. The lowest BCUT2D eigenvalue weighted by molar-refractivity contribution is -0.399. The highest BCUT2D eigenvalue weighted by Gasteiger charge is 2.82. The van der Waals surface area contributed by atoms with Gasteiger partial charge < -0.3 is 9.47 Å². The van der Waals surface area contributed by atoms with Crippen molar-refractivity contribution in [2.45, 2.75) is 23.9 Å². The molecular formula is C18H9BrF9NO5. The van der Waals surface area contributed by atoms with Crippen LogP contribution in [0.5, 0.6) is 11.5 Å². The Morgan fingerprint density at radius 2 is 1.53 bits per heavy atom. The Morgan fingerprint density at radius 3 is 2.00 bits per heavy atom. The molecule has 0 saturated carbocycles. The first-order valence-electron chi connectivity index (χ1n) is 8.43. The van der Waals surface area contributed by atoms with Crippen molar-refractivity contribution in [2.75, 3.05) is 7.11 Å². The maximum atomic E-state index is 14.1. The maximum Gasteiger partial charge on any atom is 0.460 e. The van der Waals surface area contributed by atoms with E-state index in [-0.39, 0.29) is 17.9 Å². The van der Waals surface area contributed by atoms with Crippen molar-refractivity contribution < 1.29 is 58.7 Å². The molecule has 0 spiro atoms. The largest absolute Gasteiger partial charge is 0.465 e. The predicted molar refractivity (Wildman–Crippen MR) is 98.5 cm³/mol. The van der Waals surface area contributed by atoms with Crippen LogP contribution in [-0.2, 0) is 10.7 Å². The lowest BCUT2D eigenvalue weighted by atomic mass is 9.97. The molecule has 0 amide bonds. The summed E-state index contributed by atoms with van der Waals surface area (Å²) >= 11 is 2.64. The highest BCUT2D eigenvalue weighted by Crippen LogP contribution is 2.57. The summed E-state index contributed by atoms with van der Waals surface area (Å²) in [5.41, 5.74) is -3.15. The molecule has 0 aliphatic carbocycles. The van der Waals surface area contributed by atoms with Gasteiger partial charge in [0.2, 0.25) is 0 Å². The number of benzene rings is 2. The van der Waals surface area contributed by atoms with Crippen LogP contribution in [0.15, 0.2) is 40.9 Å². The van der Waals surface area contributed by atoms with Gasteiger partial charge in [0.15, 0.2) is 0 Å². The zero-order chi connectivity index (χ0) is 26.3. The zero-order valence-electron chi connectivity index (χ0n) is 16.2. The number of hydrogen-bond donors (Lipinski definition) is 0. The summed E-state index contributed by atoms with van der Waals surface area (Å²) in [5, 5.41) is 11.0. The van der Waals surface area contributed by atoms with Crippen LogP contribution in [0.3, 0.4) is 0 Å². The van der Waals surface area contributed by atoms with Crippen molar-refractivity contribution in [2.24, 2.45) is 0 Å². The minimum atomic E-state index is -7.06. The Labute approximate surface area is 191 Å². The number of carbonyl (C=O) groups is 1. The van der Waals surface area contributed by atoms with Gasteiger partial charge in [-0.3, -0.25) is 10.1 Å². The summed E-state index contributed by atoms with van der Waals surface area (Å²) in [6.07, 6.45) is -6.96. The van der Waals surface area contributed by atoms with Crippen molar-refractivity contribution in [3.05, 3.63) is 62.1 Å². The minimum absolute atomic E-state index is 0.118. The third kappa shape index (κ3) is 4.63. The first-order chi connectivity index (χ1) is 15.4. The van der Waals surface area contributed by atoms with E-state index in [1.54, 1.807) is 0 Å². The third-order valence-corrected chi connectivity index (χ3v) is 4.86. The van der Waals surface area contributed by atoms with Crippen molar-refractivity contribution in [1.82, 2.24) is 0 Å². The molecule has 16 heteroatoms. The van der Waals surface area contributed by atoms with Crippen LogP contribution >= 0.6 is 15.9 Å². The van der Waals surface area contributed by atoms with Gasteiger partial charge in [-0.2, -0.15) is 39.5 Å². The van der Waals surface area contributed by atoms with Gasteiger partial charge in [-0.15, -0.1) is 0 Å². The first-order valence-corrected chi connectivity index (χ1v) is 9.22. The van der Waals surface area contributed by atoms with Crippen molar-refractivity contribution in [1.29, 1.82) is 0 Å². The number of esters is 1. The predicted octanol–water partition coefficient (Wildman–Crippen LogP) is 6.86. The van der Waals surface area contributed by atoms with Crippen molar-refractivity contribution in [3.63, 3.8) is 0 Å². The minimum Gasteiger partial charge on any atom is -0.465 e. The SMILES string of the molecule is COC(=O)c1cc(Oc2ccc(C(F)(F)C(F)(F)C(F)(F)C(F)(F)F)cc2Br)ccc1[N+](=O)[O-]. The number of halogens is 10. The molecule has 0 unspecified atom stereocenters. The van der Waals surface area contributed by atoms with E-state index in [0.29, 0.717) is 6.07 Å². The second-order valence-corrected chi connectivity index (χ2v) is 7.25. The van der Waals surface area contributed by atoms with E-state index in [1.807, 2.05) is 0 Å². The van der Waals surface area contributed by atoms with E-state index < -0.39 is 61.9 Å². The number of nitro benzene ring substituents is 1. The van der Waals surface area contributed by atoms with Gasteiger partial charge in [-0.05, 0) is 40.2 Å². The average Bonchev–Trinajstić information content (AvgIpc) is 2.73. The number of nitrogens with zero attached hydrogens (tertiary/aromatic N) is 1. The van der Waals surface area contributed by atoms with E-state index in [1.165, 1.54) is 0 Å². The Balaban J connectivity index is 2.45. The zero-order valence-corrected chi connectivity index (χ0v) is 17.8. The topological polar surface area (TPSA) is 78.7 Å². The smallest absolute Gasteiger partial charge is 0.460 e. The highest BCUT2D eigenvalue weighted by atomic mass is 79.9. The second kappa shape index (κ2) is 8.96. The summed E-state index contributed by atoms with van der Waals surface area (Å²) in [6.45, 7) is 0. The molecule has 0 aliphatic heterocycles. The second-order valence-electron chi connectivity index (χ2n) is 6.40. The van der Waals surface area contributed by atoms with Gasteiger partial charge in [0.1, 0.15) is 17.1 Å². The molecule has 0 bridgehead atoms.